The number of aliphatic carboxylic acids is 1. The third-order valence-corrected chi connectivity index (χ3v) is 2.50. The minimum atomic E-state index is -1.38. The second-order valence-corrected chi connectivity index (χ2v) is 3.80. The van der Waals surface area contributed by atoms with E-state index in [4.69, 9.17) is 10.4 Å². The minimum Gasteiger partial charge on any atom is -0.477 e. The van der Waals surface area contributed by atoms with Crippen molar-refractivity contribution in [3.63, 3.8) is 0 Å². The van der Waals surface area contributed by atoms with Gasteiger partial charge in [0.2, 0.25) is 0 Å². The monoisotopic (exact) mass is 296 g/mol. The summed E-state index contributed by atoms with van der Waals surface area (Å²) in [5, 5.41) is 27.8. The van der Waals surface area contributed by atoms with Crippen molar-refractivity contribution in [2.75, 3.05) is 0 Å². The Morgan fingerprint density at radius 2 is 2.24 bits per heavy atom. The van der Waals surface area contributed by atoms with Gasteiger partial charge in [-0.15, -0.1) is 0 Å². The van der Waals surface area contributed by atoms with Crippen LogP contribution in [0.25, 0.3) is 6.08 Å². The van der Waals surface area contributed by atoms with Crippen LogP contribution in [-0.2, 0) is 4.79 Å². The van der Waals surface area contributed by atoms with E-state index in [9.17, 15) is 14.9 Å². The van der Waals surface area contributed by atoms with Gasteiger partial charge in [0.05, 0.1) is 9.40 Å². The van der Waals surface area contributed by atoms with Crippen LogP contribution in [0, 0.1) is 21.4 Å². The summed E-state index contributed by atoms with van der Waals surface area (Å²) in [4.78, 5) is 20.6. The summed E-state index contributed by atoms with van der Waals surface area (Å²) < 4.78 is 0.286. The first-order valence-corrected chi connectivity index (χ1v) is 5.04. The van der Waals surface area contributed by atoms with Crippen molar-refractivity contribution < 1.29 is 14.8 Å². The molecule has 0 aliphatic rings. The molecule has 1 rings (SSSR count). The predicted octanol–water partition coefficient (Wildman–Crippen LogP) is 2.35. The zero-order valence-corrected chi connectivity index (χ0v) is 9.84. The van der Waals surface area contributed by atoms with Crippen LogP contribution in [0.4, 0.5) is 5.69 Å². The largest absolute Gasteiger partial charge is 0.477 e. The Hall–Kier alpha value is -2.20. The number of hydrogen-bond acceptors (Lipinski definition) is 4. The van der Waals surface area contributed by atoms with Gasteiger partial charge in [-0.25, -0.2) is 4.79 Å². The number of nitro benzene ring substituents is 1. The van der Waals surface area contributed by atoms with Gasteiger partial charge in [-0.05, 0) is 33.6 Å². The highest BCUT2D eigenvalue weighted by Crippen LogP contribution is 2.26. The number of rotatable bonds is 3. The molecule has 0 heterocycles. The van der Waals surface area contributed by atoms with Crippen LogP contribution in [0.2, 0.25) is 0 Å². The third kappa shape index (κ3) is 3.12. The maximum absolute atomic E-state index is 10.6. The van der Waals surface area contributed by atoms with Crippen LogP contribution in [0.15, 0.2) is 28.2 Å². The van der Waals surface area contributed by atoms with Gasteiger partial charge in [-0.1, -0.05) is 6.07 Å². The molecular formula is C10H5BrN2O4. The summed E-state index contributed by atoms with van der Waals surface area (Å²) in [5.74, 6) is -1.38. The lowest BCUT2D eigenvalue weighted by atomic mass is 10.1. The molecule has 6 nitrogen and oxygen atoms in total. The van der Waals surface area contributed by atoms with Crippen LogP contribution < -0.4 is 0 Å². The van der Waals surface area contributed by atoms with Crippen LogP contribution in [0.3, 0.4) is 0 Å². The molecular weight excluding hydrogens is 292 g/mol. The molecule has 1 aromatic rings. The topological polar surface area (TPSA) is 104 Å². The standard InChI is InChI=1S/C10H5BrN2O4/c11-8-2-1-6(4-9(8)13(16)17)3-7(5-12)10(14)15/h1-4H,(H,14,15)/b7-3+. The molecule has 0 amide bonds. The van der Waals surface area contributed by atoms with Crippen molar-refractivity contribution in [1.82, 2.24) is 0 Å². The first-order chi connectivity index (χ1) is 7.95. The Bertz CT molecular complexity index is 560. The molecule has 86 valence electrons. The molecule has 0 saturated carbocycles. The average Bonchev–Trinajstić information content (AvgIpc) is 2.27. The predicted molar refractivity (Wildman–Crippen MR) is 62.0 cm³/mol. The fraction of sp³-hybridized carbons (Fsp3) is 0. The van der Waals surface area contributed by atoms with Gasteiger partial charge in [-0.3, -0.25) is 10.1 Å². The number of benzene rings is 1. The van der Waals surface area contributed by atoms with Crippen molar-refractivity contribution in [2.24, 2.45) is 0 Å². The average molecular weight is 297 g/mol. The number of nitro groups is 1. The fourth-order valence-corrected chi connectivity index (χ4v) is 1.46. The summed E-state index contributed by atoms with van der Waals surface area (Å²) in [6, 6.07) is 5.57. The second-order valence-electron chi connectivity index (χ2n) is 2.94. The van der Waals surface area contributed by atoms with Crippen molar-refractivity contribution in [2.45, 2.75) is 0 Å². The third-order valence-electron chi connectivity index (χ3n) is 1.83. The SMILES string of the molecule is N#C/C(=C\c1ccc(Br)c([N+](=O)[O-])c1)C(=O)O. The molecule has 17 heavy (non-hydrogen) atoms. The summed E-state index contributed by atoms with van der Waals surface area (Å²) in [7, 11) is 0. The molecule has 7 heteroatoms. The minimum absolute atomic E-state index is 0.193. The normalized spacial score (nSPS) is 10.7. The van der Waals surface area contributed by atoms with Crippen LogP contribution >= 0.6 is 15.9 Å². The van der Waals surface area contributed by atoms with Gasteiger partial charge >= 0.3 is 5.97 Å². The highest BCUT2D eigenvalue weighted by atomic mass is 79.9. The van der Waals surface area contributed by atoms with E-state index >= 15 is 0 Å². The zero-order chi connectivity index (χ0) is 13.0. The number of hydrogen-bond donors (Lipinski definition) is 1. The van der Waals surface area contributed by atoms with E-state index in [1.807, 2.05) is 0 Å². The molecule has 0 bridgehead atoms. The van der Waals surface area contributed by atoms with Gasteiger partial charge in [0.15, 0.2) is 0 Å². The first-order valence-electron chi connectivity index (χ1n) is 4.24. The quantitative estimate of drug-likeness (QED) is 0.399. The second kappa shape index (κ2) is 5.23. The first kappa shape index (κ1) is 12.9. The Morgan fingerprint density at radius 3 is 2.71 bits per heavy atom. The molecule has 0 aliphatic carbocycles. The zero-order valence-electron chi connectivity index (χ0n) is 8.25. The highest BCUT2D eigenvalue weighted by Gasteiger charge is 2.13. The number of carboxylic acids is 1. The van der Waals surface area contributed by atoms with E-state index < -0.39 is 16.5 Å². The number of carboxylic acid groups (broad SMARTS) is 1. The Balaban J connectivity index is 3.27. The summed E-state index contributed by atoms with van der Waals surface area (Å²) in [6.45, 7) is 0. The Kier molecular flexibility index (Phi) is 3.96. The lowest BCUT2D eigenvalue weighted by Crippen LogP contribution is -1.97. The van der Waals surface area contributed by atoms with Crippen molar-refractivity contribution in [3.05, 3.63) is 43.9 Å². The number of nitriles is 1. The van der Waals surface area contributed by atoms with Gasteiger partial charge < -0.3 is 5.11 Å². The van der Waals surface area contributed by atoms with E-state index in [-0.39, 0.29) is 15.7 Å². The molecule has 0 unspecified atom stereocenters. The fourth-order valence-electron chi connectivity index (χ4n) is 1.07. The van der Waals surface area contributed by atoms with Gasteiger partial charge in [-0.2, -0.15) is 5.26 Å². The molecule has 0 aromatic heterocycles. The van der Waals surface area contributed by atoms with E-state index in [0.717, 1.165) is 6.08 Å². The van der Waals surface area contributed by atoms with Crippen LogP contribution in [-0.4, -0.2) is 16.0 Å². The lowest BCUT2D eigenvalue weighted by Gasteiger charge is -1.98. The van der Waals surface area contributed by atoms with Crippen molar-refractivity contribution in [1.29, 1.82) is 5.26 Å². The maximum atomic E-state index is 10.6. The molecule has 0 spiro atoms. The number of nitrogens with zero attached hydrogens (tertiary/aromatic N) is 2. The van der Waals surface area contributed by atoms with E-state index in [1.165, 1.54) is 24.3 Å². The van der Waals surface area contributed by atoms with Gasteiger partial charge in [0.25, 0.3) is 5.69 Å². The summed E-state index contributed by atoms with van der Waals surface area (Å²) in [5.41, 5.74) is -0.401. The molecule has 0 fully saturated rings. The van der Waals surface area contributed by atoms with Gasteiger partial charge in [0, 0.05) is 6.07 Å². The molecule has 1 aromatic carbocycles. The molecule has 0 atom stereocenters. The van der Waals surface area contributed by atoms with E-state index in [0.29, 0.717) is 0 Å². The molecule has 1 N–H and O–H groups in total. The van der Waals surface area contributed by atoms with Crippen molar-refractivity contribution in [3.8, 4) is 6.07 Å². The van der Waals surface area contributed by atoms with E-state index in [2.05, 4.69) is 15.9 Å². The maximum Gasteiger partial charge on any atom is 0.346 e. The Morgan fingerprint density at radius 1 is 1.59 bits per heavy atom. The lowest BCUT2D eigenvalue weighted by molar-refractivity contribution is -0.385. The number of halogens is 1. The Labute approximate surface area is 104 Å². The van der Waals surface area contributed by atoms with Gasteiger partial charge in [0.1, 0.15) is 11.6 Å². The summed E-state index contributed by atoms with van der Waals surface area (Å²) in [6.07, 6.45) is 1.07. The van der Waals surface area contributed by atoms with E-state index in [1.54, 1.807) is 0 Å². The number of carbonyl (C=O) groups is 1. The van der Waals surface area contributed by atoms with Crippen molar-refractivity contribution >= 4 is 33.7 Å². The molecule has 0 saturated heterocycles. The molecule has 0 radical (unpaired) electrons. The summed E-state index contributed by atoms with van der Waals surface area (Å²) >= 11 is 3.00. The van der Waals surface area contributed by atoms with Crippen LogP contribution in [0.5, 0.6) is 0 Å². The van der Waals surface area contributed by atoms with Crippen LogP contribution in [0.1, 0.15) is 5.56 Å². The molecule has 0 aliphatic heterocycles. The smallest absolute Gasteiger partial charge is 0.346 e. The highest BCUT2D eigenvalue weighted by molar-refractivity contribution is 9.10.